The Morgan fingerprint density at radius 2 is 1.89 bits per heavy atom. The summed E-state index contributed by atoms with van der Waals surface area (Å²) in [5.74, 6) is 0. The lowest BCUT2D eigenvalue weighted by Gasteiger charge is -2.47. The Kier molecular flexibility index (Phi) is 5.82. The molecular weight excluding hydrogens is 356 g/mol. The van der Waals surface area contributed by atoms with Gasteiger partial charge in [0.15, 0.2) is 0 Å². The Morgan fingerprint density at radius 3 is 2.67 bits per heavy atom. The molecular formula is C23H29ClN2O. The molecule has 1 spiro atoms. The number of halogens is 1. The normalized spacial score (nSPS) is 24.3. The summed E-state index contributed by atoms with van der Waals surface area (Å²) in [7, 11) is 0. The Hall–Kier alpha value is -1.42. The molecule has 1 saturated heterocycles. The van der Waals surface area contributed by atoms with Crippen LogP contribution in [0.1, 0.15) is 56.1 Å². The number of rotatable bonds is 6. The first-order valence-corrected chi connectivity index (χ1v) is 10.6. The summed E-state index contributed by atoms with van der Waals surface area (Å²) in [5.41, 5.74) is 2.94. The van der Waals surface area contributed by atoms with Crippen molar-refractivity contribution in [2.75, 3.05) is 13.2 Å². The molecule has 1 atom stereocenters. The van der Waals surface area contributed by atoms with Crippen molar-refractivity contribution in [3.8, 4) is 0 Å². The molecule has 1 aliphatic heterocycles. The van der Waals surface area contributed by atoms with Gasteiger partial charge in [-0.05, 0) is 55.8 Å². The number of benzene rings is 1. The van der Waals surface area contributed by atoms with Crippen LogP contribution in [0.15, 0.2) is 48.8 Å². The molecule has 1 N–H and O–H groups in total. The lowest BCUT2D eigenvalue weighted by atomic mass is 9.66. The number of ether oxygens (including phenoxy) is 1. The summed E-state index contributed by atoms with van der Waals surface area (Å²) in [6, 6.07) is 13.1. The maximum atomic E-state index is 6.35. The molecule has 0 amide bonds. The van der Waals surface area contributed by atoms with Crippen molar-refractivity contribution in [1.29, 1.82) is 0 Å². The third-order valence-corrected chi connectivity index (χ3v) is 6.63. The number of nitrogens with zero attached hydrogens (tertiary/aromatic N) is 1. The van der Waals surface area contributed by atoms with Gasteiger partial charge in [0.25, 0.3) is 0 Å². The average Bonchev–Trinajstić information content (AvgIpc) is 3.13. The second-order valence-electron chi connectivity index (χ2n) is 8.25. The summed E-state index contributed by atoms with van der Waals surface area (Å²) in [4.78, 5) is 4.17. The Bertz CT molecular complexity index is 745. The minimum Gasteiger partial charge on any atom is -0.375 e. The molecule has 1 saturated carbocycles. The molecule has 1 aromatic carbocycles. The molecule has 2 aromatic rings. The molecule has 4 rings (SSSR count). The van der Waals surface area contributed by atoms with Gasteiger partial charge < -0.3 is 10.1 Å². The van der Waals surface area contributed by atoms with E-state index in [0.717, 1.165) is 44.5 Å². The van der Waals surface area contributed by atoms with Gasteiger partial charge in [0, 0.05) is 31.0 Å². The number of hydrogen-bond acceptors (Lipinski definition) is 3. The van der Waals surface area contributed by atoms with Crippen molar-refractivity contribution in [3.05, 3.63) is 64.9 Å². The molecule has 2 heterocycles. The Balaban J connectivity index is 1.45. The van der Waals surface area contributed by atoms with Crippen LogP contribution in [0.25, 0.3) is 0 Å². The van der Waals surface area contributed by atoms with E-state index in [-0.39, 0.29) is 11.0 Å². The van der Waals surface area contributed by atoms with Crippen molar-refractivity contribution < 1.29 is 4.74 Å². The monoisotopic (exact) mass is 384 g/mol. The molecule has 0 unspecified atom stereocenters. The van der Waals surface area contributed by atoms with Crippen LogP contribution in [0.2, 0.25) is 5.02 Å². The predicted molar refractivity (Wildman–Crippen MR) is 110 cm³/mol. The van der Waals surface area contributed by atoms with Crippen LogP contribution in [0.4, 0.5) is 0 Å². The minimum atomic E-state index is 0.116. The largest absolute Gasteiger partial charge is 0.375 e. The molecule has 4 heteroatoms. The summed E-state index contributed by atoms with van der Waals surface area (Å²) in [6.07, 6.45) is 12.0. The zero-order valence-electron chi connectivity index (χ0n) is 15.9. The summed E-state index contributed by atoms with van der Waals surface area (Å²) in [5, 5.41) is 4.31. The molecule has 0 radical (unpaired) electrons. The van der Waals surface area contributed by atoms with Gasteiger partial charge in [0.2, 0.25) is 0 Å². The van der Waals surface area contributed by atoms with Gasteiger partial charge in [-0.1, -0.05) is 54.8 Å². The third kappa shape index (κ3) is 4.37. The second-order valence-corrected chi connectivity index (χ2v) is 8.69. The molecule has 0 bridgehead atoms. The van der Waals surface area contributed by atoms with Crippen molar-refractivity contribution >= 4 is 11.6 Å². The lowest BCUT2D eigenvalue weighted by molar-refractivity contribution is -0.103. The van der Waals surface area contributed by atoms with E-state index in [1.807, 2.05) is 12.3 Å². The fourth-order valence-electron chi connectivity index (χ4n) is 5.07. The van der Waals surface area contributed by atoms with E-state index in [1.165, 1.54) is 31.2 Å². The zero-order chi connectivity index (χ0) is 18.6. The molecule has 2 fully saturated rings. The SMILES string of the molecule is Clc1cncc(CNCC[C@]2(c3ccccc3)CCOC3(CCCC3)C2)c1. The van der Waals surface area contributed by atoms with Gasteiger partial charge in [-0.15, -0.1) is 0 Å². The van der Waals surface area contributed by atoms with Crippen LogP contribution in [-0.2, 0) is 16.7 Å². The van der Waals surface area contributed by atoms with E-state index >= 15 is 0 Å². The molecule has 27 heavy (non-hydrogen) atoms. The maximum Gasteiger partial charge on any atom is 0.0691 e. The average molecular weight is 385 g/mol. The van der Waals surface area contributed by atoms with E-state index in [9.17, 15) is 0 Å². The van der Waals surface area contributed by atoms with Crippen molar-refractivity contribution in [1.82, 2.24) is 10.3 Å². The smallest absolute Gasteiger partial charge is 0.0691 e. The first-order valence-electron chi connectivity index (χ1n) is 10.2. The number of hydrogen-bond donors (Lipinski definition) is 1. The van der Waals surface area contributed by atoms with E-state index in [0.29, 0.717) is 5.02 Å². The van der Waals surface area contributed by atoms with Crippen LogP contribution in [-0.4, -0.2) is 23.7 Å². The van der Waals surface area contributed by atoms with E-state index in [2.05, 4.69) is 40.6 Å². The molecule has 3 nitrogen and oxygen atoms in total. The first-order chi connectivity index (χ1) is 13.2. The topological polar surface area (TPSA) is 34.2 Å². The van der Waals surface area contributed by atoms with Gasteiger partial charge in [-0.25, -0.2) is 0 Å². The first kappa shape index (κ1) is 18.9. The summed E-state index contributed by atoms with van der Waals surface area (Å²) >= 11 is 6.05. The fourth-order valence-corrected chi connectivity index (χ4v) is 5.26. The Labute approximate surface area is 167 Å². The van der Waals surface area contributed by atoms with E-state index < -0.39 is 0 Å². The van der Waals surface area contributed by atoms with E-state index in [4.69, 9.17) is 16.3 Å². The highest BCUT2D eigenvalue weighted by molar-refractivity contribution is 6.30. The van der Waals surface area contributed by atoms with Crippen LogP contribution in [0, 0.1) is 0 Å². The number of pyridine rings is 1. The van der Waals surface area contributed by atoms with Gasteiger partial charge >= 0.3 is 0 Å². The van der Waals surface area contributed by atoms with E-state index in [1.54, 1.807) is 6.20 Å². The van der Waals surface area contributed by atoms with Crippen molar-refractivity contribution in [2.24, 2.45) is 0 Å². The summed E-state index contributed by atoms with van der Waals surface area (Å²) < 4.78 is 6.35. The van der Waals surface area contributed by atoms with Gasteiger partial charge in [-0.2, -0.15) is 0 Å². The van der Waals surface area contributed by atoms with Crippen LogP contribution < -0.4 is 5.32 Å². The van der Waals surface area contributed by atoms with Gasteiger partial charge in [-0.3, -0.25) is 4.98 Å². The molecule has 144 valence electrons. The predicted octanol–water partition coefficient (Wildman–Crippen LogP) is 5.28. The van der Waals surface area contributed by atoms with Gasteiger partial charge in [0.05, 0.1) is 10.6 Å². The van der Waals surface area contributed by atoms with Crippen LogP contribution in [0.5, 0.6) is 0 Å². The molecule has 2 aliphatic rings. The quantitative estimate of drug-likeness (QED) is 0.688. The number of aromatic nitrogens is 1. The number of nitrogens with one attached hydrogen (secondary N) is 1. The van der Waals surface area contributed by atoms with Crippen molar-refractivity contribution in [2.45, 2.75) is 62.5 Å². The lowest BCUT2D eigenvalue weighted by Crippen LogP contribution is -2.47. The maximum absolute atomic E-state index is 6.35. The molecule has 1 aliphatic carbocycles. The molecule has 1 aromatic heterocycles. The van der Waals surface area contributed by atoms with Crippen molar-refractivity contribution in [3.63, 3.8) is 0 Å². The zero-order valence-corrected chi connectivity index (χ0v) is 16.7. The second kappa shape index (κ2) is 8.30. The fraction of sp³-hybridized carbons (Fsp3) is 0.522. The highest BCUT2D eigenvalue weighted by Crippen LogP contribution is 2.50. The third-order valence-electron chi connectivity index (χ3n) is 6.42. The van der Waals surface area contributed by atoms with Gasteiger partial charge in [0.1, 0.15) is 0 Å². The highest BCUT2D eigenvalue weighted by atomic mass is 35.5. The van der Waals surface area contributed by atoms with Crippen LogP contribution in [0.3, 0.4) is 0 Å². The Morgan fingerprint density at radius 1 is 1.07 bits per heavy atom. The van der Waals surface area contributed by atoms with Crippen LogP contribution >= 0.6 is 11.6 Å². The highest BCUT2D eigenvalue weighted by Gasteiger charge is 2.47. The minimum absolute atomic E-state index is 0.116. The summed E-state index contributed by atoms with van der Waals surface area (Å²) in [6.45, 7) is 2.67. The standard InChI is InChI=1S/C23H29ClN2O/c24-21-14-19(16-26-17-21)15-25-12-10-22(20-6-2-1-3-7-20)11-13-27-23(18-22)8-4-5-9-23/h1-3,6-7,14,16-17,25H,4-5,8-13,15,18H2/t22-/m0/s1.